The van der Waals surface area contributed by atoms with E-state index in [0.29, 0.717) is 12.2 Å². The molecule has 1 amide bonds. The highest BCUT2D eigenvalue weighted by atomic mass is 35.5. The van der Waals surface area contributed by atoms with Crippen LogP contribution in [0.15, 0.2) is 23.6 Å². The lowest BCUT2D eigenvalue weighted by atomic mass is 9.99. The second kappa shape index (κ2) is 7.22. The smallest absolute Gasteiger partial charge is 0.277 e. The van der Waals surface area contributed by atoms with Gasteiger partial charge in [0.1, 0.15) is 5.69 Å². The van der Waals surface area contributed by atoms with E-state index >= 15 is 0 Å². The van der Waals surface area contributed by atoms with E-state index in [0.717, 1.165) is 36.5 Å². The lowest BCUT2D eigenvalue weighted by molar-refractivity contribution is 0.0981. The molecule has 22 heavy (non-hydrogen) atoms. The molecule has 0 unspecified atom stereocenters. The van der Waals surface area contributed by atoms with E-state index in [2.05, 4.69) is 30.1 Å². The number of aromatic nitrogens is 1. The third-order valence-corrected chi connectivity index (χ3v) is 4.64. The van der Waals surface area contributed by atoms with Gasteiger partial charge in [-0.05, 0) is 43.5 Å². The van der Waals surface area contributed by atoms with Gasteiger partial charge in [0.15, 0.2) is 0 Å². The molecule has 3 rings (SSSR count). The molecule has 0 radical (unpaired) electrons. The summed E-state index contributed by atoms with van der Waals surface area (Å²) in [6, 6.07) is 6.33. The van der Waals surface area contributed by atoms with Crippen molar-refractivity contribution >= 4 is 35.3 Å². The summed E-state index contributed by atoms with van der Waals surface area (Å²) < 4.78 is 0. The molecule has 0 saturated heterocycles. The van der Waals surface area contributed by atoms with E-state index in [1.807, 2.05) is 10.3 Å². The molecule has 1 aliphatic heterocycles. The number of aryl methyl sites for hydroxylation is 2. The summed E-state index contributed by atoms with van der Waals surface area (Å²) in [7, 11) is 0. The first-order valence-corrected chi connectivity index (χ1v) is 8.13. The summed E-state index contributed by atoms with van der Waals surface area (Å²) in [5.74, 6) is 0.000992. The number of amides is 1. The van der Waals surface area contributed by atoms with Gasteiger partial charge in [-0.2, -0.15) is 0 Å². The zero-order valence-electron chi connectivity index (χ0n) is 12.5. The molecule has 2 N–H and O–H groups in total. The van der Waals surface area contributed by atoms with Crippen LogP contribution in [0.5, 0.6) is 0 Å². The molecule has 1 aromatic carbocycles. The SMILES string of the molecule is Cc1ccc2c(c1)N(C(=O)c1csc(CCN)n1)CCC2.Cl. The lowest BCUT2D eigenvalue weighted by Gasteiger charge is -2.29. The average Bonchev–Trinajstić information content (AvgIpc) is 2.95. The Bertz CT molecular complexity index is 671. The number of thiazole rings is 1. The summed E-state index contributed by atoms with van der Waals surface area (Å²) in [5, 5.41) is 2.78. The molecule has 1 aromatic heterocycles. The molecular formula is C16H20ClN3OS. The Labute approximate surface area is 140 Å². The first kappa shape index (κ1) is 16.9. The Morgan fingerprint density at radius 3 is 3.05 bits per heavy atom. The third kappa shape index (κ3) is 3.32. The highest BCUT2D eigenvalue weighted by molar-refractivity contribution is 7.09. The molecule has 6 heteroatoms. The van der Waals surface area contributed by atoms with Crippen LogP contribution >= 0.6 is 23.7 Å². The van der Waals surface area contributed by atoms with Gasteiger partial charge < -0.3 is 10.6 Å². The van der Waals surface area contributed by atoms with Gasteiger partial charge in [-0.25, -0.2) is 4.98 Å². The number of nitrogens with zero attached hydrogens (tertiary/aromatic N) is 2. The van der Waals surface area contributed by atoms with Crippen LogP contribution in [0.1, 0.15) is 33.0 Å². The predicted octanol–water partition coefficient (Wildman–Crippen LogP) is 2.97. The van der Waals surface area contributed by atoms with Crippen molar-refractivity contribution in [1.82, 2.24) is 4.98 Å². The number of rotatable bonds is 3. The summed E-state index contributed by atoms with van der Waals surface area (Å²) in [6.07, 6.45) is 2.77. The second-order valence-electron chi connectivity index (χ2n) is 5.36. The fraction of sp³-hybridized carbons (Fsp3) is 0.375. The molecule has 0 saturated carbocycles. The van der Waals surface area contributed by atoms with Crippen molar-refractivity contribution < 1.29 is 4.79 Å². The largest absolute Gasteiger partial charge is 0.330 e. The van der Waals surface area contributed by atoms with Crippen LogP contribution in [0.3, 0.4) is 0 Å². The van der Waals surface area contributed by atoms with Crippen LogP contribution in [0.4, 0.5) is 5.69 Å². The van der Waals surface area contributed by atoms with Crippen LogP contribution in [-0.4, -0.2) is 24.0 Å². The Balaban J connectivity index is 0.00000176. The number of hydrogen-bond donors (Lipinski definition) is 1. The fourth-order valence-electron chi connectivity index (χ4n) is 2.68. The van der Waals surface area contributed by atoms with Crippen molar-refractivity contribution in [2.24, 2.45) is 5.73 Å². The predicted molar refractivity (Wildman–Crippen MR) is 93.3 cm³/mol. The first-order valence-electron chi connectivity index (χ1n) is 7.25. The van der Waals surface area contributed by atoms with Gasteiger partial charge in [0, 0.05) is 24.0 Å². The topological polar surface area (TPSA) is 59.2 Å². The Hall–Kier alpha value is -1.43. The monoisotopic (exact) mass is 337 g/mol. The summed E-state index contributed by atoms with van der Waals surface area (Å²) in [6.45, 7) is 3.38. The number of halogens is 1. The number of hydrogen-bond acceptors (Lipinski definition) is 4. The minimum Gasteiger partial charge on any atom is -0.330 e. The molecule has 0 atom stereocenters. The molecule has 0 spiro atoms. The van der Waals surface area contributed by atoms with E-state index in [1.165, 1.54) is 22.5 Å². The van der Waals surface area contributed by atoms with Gasteiger partial charge in [0.25, 0.3) is 5.91 Å². The normalized spacial score (nSPS) is 13.5. The highest BCUT2D eigenvalue weighted by Gasteiger charge is 2.25. The molecule has 2 heterocycles. The van der Waals surface area contributed by atoms with Gasteiger partial charge in [-0.15, -0.1) is 23.7 Å². The number of carbonyl (C=O) groups is 1. The zero-order chi connectivity index (χ0) is 14.8. The Kier molecular flexibility index (Phi) is 5.56. The fourth-order valence-corrected chi connectivity index (χ4v) is 3.47. The van der Waals surface area contributed by atoms with Crippen LogP contribution in [0.2, 0.25) is 0 Å². The van der Waals surface area contributed by atoms with E-state index in [-0.39, 0.29) is 18.3 Å². The van der Waals surface area contributed by atoms with Gasteiger partial charge in [0.2, 0.25) is 0 Å². The van der Waals surface area contributed by atoms with Gasteiger partial charge in [-0.3, -0.25) is 4.79 Å². The van der Waals surface area contributed by atoms with Crippen molar-refractivity contribution in [3.05, 3.63) is 45.4 Å². The quantitative estimate of drug-likeness (QED) is 0.936. The number of anilines is 1. The maximum Gasteiger partial charge on any atom is 0.277 e. The van der Waals surface area contributed by atoms with E-state index in [1.54, 1.807) is 0 Å². The standard InChI is InChI=1S/C16H19N3OS.ClH/c1-11-4-5-12-3-2-8-19(14(12)9-11)16(20)13-10-21-15(18-13)6-7-17;/h4-5,9-10H,2-3,6-8,17H2,1H3;1H. The van der Waals surface area contributed by atoms with E-state index in [4.69, 9.17) is 5.73 Å². The number of nitrogens with two attached hydrogens (primary N) is 1. The third-order valence-electron chi connectivity index (χ3n) is 3.73. The summed E-state index contributed by atoms with van der Waals surface area (Å²) in [5.41, 5.74) is 9.55. The molecule has 4 nitrogen and oxygen atoms in total. The molecule has 2 aromatic rings. The molecule has 1 aliphatic rings. The van der Waals surface area contributed by atoms with E-state index in [9.17, 15) is 4.79 Å². The zero-order valence-corrected chi connectivity index (χ0v) is 14.2. The molecule has 118 valence electrons. The molecule has 0 bridgehead atoms. The number of benzene rings is 1. The maximum atomic E-state index is 12.7. The van der Waals surface area contributed by atoms with Gasteiger partial charge >= 0.3 is 0 Å². The van der Waals surface area contributed by atoms with Crippen LogP contribution in [-0.2, 0) is 12.8 Å². The lowest BCUT2D eigenvalue weighted by Crippen LogP contribution is -2.35. The summed E-state index contributed by atoms with van der Waals surface area (Å²) >= 11 is 1.51. The number of carbonyl (C=O) groups excluding carboxylic acids is 1. The molecule has 0 fully saturated rings. The van der Waals surface area contributed by atoms with Gasteiger partial charge in [-0.1, -0.05) is 12.1 Å². The minimum atomic E-state index is 0. The van der Waals surface area contributed by atoms with E-state index < -0.39 is 0 Å². The van der Waals surface area contributed by atoms with Crippen LogP contribution in [0, 0.1) is 6.92 Å². The van der Waals surface area contributed by atoms with Crippen molar-refractivity contribution in [1.29, 1.82) is 0 Å². The van der Waals surface area contributed by atoms with Gasteiger partial charge in [0.05, 0.1) is 5.01 Å². The van der Waals surface area contributed by atoms with Crippen molar-refractivity contribution in [2.45, 2.75) is 26.2 Å². The minimum absolute atomic E-state index is 0. The van der Waals surface area contributed by atoms with Crippen LogP contribution < -0.4 is 10.6 Å². The molecular weight excluding hydrogens is 318 g/mol. The van der Waals surface area contributed by atoms with Crippen molar-refractivity contribution in [2.75, 3.05) is 18.0 Å². The second-order valence-corrected chi connectivity index (χ2v) is 6.30. The average molecular weight is 338 g/mol. The maximum absolute atomic E-state index is 12.7. The Morgan fingerprint density at radius 2 is 2.27 bits per heavy atom. The summed E-state index contributed by atoms with van der Waals surface area (Å²) in [4.78, 5) is 19.0. The molecule has 0 aliphatic carbocycles. The van der Waals surface area contributed by atoms with Crippen molar-refractivity contribution in [3.63, 3.8) is 0 Å². The number of fused-ring (bicyclic) bond motifs is 1. The Morgan fingerprint density at radius 1 is 1.45 bits per heavy atom. The van der Waals surface area contributed by atoms with Crippen molar-refractivity contribution in [3.8, 4) is 0 Å². The van der Waals surface area contributed by atoms with Crippen LogP contribution in [0.25, 0.3) is 0 Å². The first-order chi connectivity index (χ1) is 10.2. The highest BCUT2D eigenvalue weighted by Crippen LogP contribution is 2.29.